The van der Waals surface area contributed by atoms with Crippen LogP contribution in [0.3, 0.4) is 0 Å². The third-order valence-corrected chi connectivity index (χ3v) is 7.73. The number of ether oxygens (including phenoxy) is 2. The molecule has 8 nitrogen and oxygen atoms in total. The topological polar surface area (TPSA) is 83.1 Å². The summed E-state index contributed by atoms with van der Waals surface area (Å²) in [5.74, 6) is 0.147. The standard InChI is InChI=1S/C32H26Cl2F4N4O4/c1-45-29-18-25(33)24(32(36,37)38)17-28(29)40-31(44)39-27-10-9-23(16-26(27)34)46-22-4-2-3-19(15-22)30(43)42-13-11-41(12-14-42)21-7-5-20(35)6-8-21/h2-10,15-18H,11-14H2,1H3,(H2,39,40,44). The molecule has 0 spiro atoms. The van der Waals surface area contributed by atoms with Crippen molar-refractivity contribution in [2.75, 3.05) is 48.8 Å². The normalized spacial score (nSPS) is 13.3. The number of anilines is 3. The molecule has 0 unspecified atom stereocenters. The van der Waals surface area contributed by atoms with Crippen LogP contribution in [0.1, 0.15) is 15.9 Å². The van der Waals surface area contributed by atoms with Gasteiger partial charge >= 0.3 is 12.2 Å². The van der Waals surface area contributed by atoms with Crippen LogP contribution in [0.2, 0.25) is 10.0 Å². The first-order valence-corrected chi connectivity index (χ1v) is 14.6. The molecule has 2 N–H and O–H groups in total. The van der Waals surface area contributed by atoms with Crippen molar-refractivity contribution in [3.05, 3.63) is 106 Å². The number of alkyl halides is 3. The fourth-order valence-electron chi connectivity index (χ4n) is 4.81. The summed E-state index contributed by atoms with van der Waals surface area (Å²) in [7, 11) is 1.22. The molecule has 4 aromatic carbocycles. The van der Waals surface area contributed by atoms with E-state index in [2.05, 4.69) is 15.5 Å². The minimum Gasteiger partial charge on any atom is -0.495 e. The highest BCUT2D eigenvalue weighted by atomic mass is 35.5. The van der Waals surface area contributed by atoms with Crippen molar-refractivity contribution in [1.29, 1.82) is 0 Å². The molecule has 240 valence electrons. The monoisotopic (exact) mass is 676 g/mol. The number of carbonyl (C=O) groups excluding carboxylic acids is 2. The van der Waals surface area contributed by atoms with Crippen LogP contribution in [-0.2, 0) is 6.18 Å². The van der Waals surface area contributed by atoms with Gasteiger partial charge in [0.05, 0.1) is 34.1 Å². The van der Waals surface area contributed by atoms with Crippen molar-refractivity contribution < 1.29 is 36.6 Å². The zero-order valence-corrected chi connectivity index (χ0v) is 25.6. The molecule has 4 aromatic rings. The zero-order chi connectivity index (χ0) is 33.0. The maximum Gasteiger partial charge on any atom is 0.417 e. The van der Waals surface area contributed by atoms with Crippen LogP contribution in [0.5, 0.6) is 17.2 Å². The lowest BCUT2D eigenvalue weighted by Crippen LogP contribution is -2.48. The summed E-state index contributed by atoms with van der Waals surface area (Å²) < 4.78 is 64.1. The Morgan fingerprint density at radius 2 is 1.48 bits per heavy atom. The number of rotatable bonds is 7. The molecule has 1 heterocycles. The van der Waals surface area contributed by atoms with Crippen LogP contribution < -0.4 is 25.0 Å². The number of benzene rings is 4. The van der Waals surface area contributed by atoms with Crippen molar-refractivity contribution in [2.45, 2.75) is 6.18 Å². The average molecular weight is 677 g/mol. The van der Waals surface area contributed by atoms with Gasteiger partial charge in [0, 0.05) is 49.6 Å². The van der Waals surface area contributed by atoms with Gasteiger partial charge in [0.25, 0.3) is 5.91 Å². The lowest BCUT2D eigenvalue weighted by atomic mass is 10.1. The summed E-state index contributed by atoms with van der Waals surface area (Å²) in [5, 5.41) is 4.29. The van der Waals surface area contributed by atoms with Crippen LogP contribution in [-0.4, -0.2) is 50.1 Å². The number of amides is 3. The van der Waals surface area contributed by atoms with Crippen LogP contribution >= 0.6 is 23.2 Å². The molecule has 1 saturated heterocycles. The molecule has 0 atom stereocenters. The van der Waals surface area contributed by atoms with Gasteiger partial charge in [-0.1, -0.05) is 29.3 Å². The van der Waals surface area contributed by atoms with E-state index in [9.17, 15) is 27.2 Å². The van der Waals surface area contributed by atoms with Crippen molar-refractivity contribution in [3.8, 4) is 17.2 Å². The Labute approximate surface area is 271 Å². The molecule has 1 aliphatic heterocycles. The van der Waals surface area contributed by atoms with Gasteiger partial charge in [-0.2, -0.15) is 13.2 Å². The van der Waals surface area contributed by atoms with Crippen molar-refractivity contribution in [1.82, 2.24) is 4.90 Å². The second-order valence-corrected chi connectivity index (χ2v) is 11.0. The molecule has 0 radical (unpaired) electrons. The number of methoxy groups -OCH3 is 1. The Hall–Kier alpha value is -4.68. The average Bonchev–Trinajstić information content (AvgIpc) is 3.02. The molecule has 0 aliphatic carbocycles. The van der Waals surface area contributed by atoms with E-state index in [1.54, 1.807) is 41.3 Å². The fraction of sp³-hybridized carbons (Fsp3) is 0.188. The van der Waals surface area contributed by atoms with Gasteiger partial charge in [0.1, 0.15) is 23.1 Å². The maximum absolute atomic E-state index is 13.3. The first-order valence-electron chi connectivity index (χ1n) is 13.8. The lowest BCUT2D eigenvalue weighted by molar-refractivity contribution is -0.137. The van der Waals surface area contributed by atoms with Gasteiger partial charge in [-0.15, -0.1) is 0 Å². The van der Waals surface area contributed by atoms with Gasteiger partial charge in [-0.25, -0.2) is 9.18 Å². The van der Waals surface area contributed by atoms with E-state index in [0.717, 1.165) is 11.8 Å². The van der Waals surface area contributed by atoms with Gasteiger partial charge < -0.3 is 29.9 Å². The van der Waals surface area contributed by atoms with Gasteiger partial charge in [0.2, 0.25) is 0 Å². The van der Waals surface area contributed by atoms with Crippen LogP contribution in [0.4, 0.5) is 39.4 Å². The molecular formula is C32H26Cl2F4N4O4. The Bertz CT molecular complexity index is 1750. The van der Waals surface area contributed by atoms with E-state index < -0.39 is 22.8 Å². The predicted octanol–water partition coefficient (Wildman–Crippen LogP) is 8.56. The van der Waals surface area contributed by atoms with Crippen LogP contribution in [0.15, 0.2) is 78.9 Å². The summed E-state index contributed by atoms with van der Waals surface area (Å²) in [5.41, 5.74) is 0.0852. The van der Waals surface area contributed by atoms with E-state index in [1.807, 2.05) is 0 Å². The number of carbonyl (C=O) groups is 2. The molecule has 0 saturated carbocycles. The second-order valence-electron chi connectivity index (χ2n) is 10.1. The molecule has 3 amide bonds. The Morgan fingerprint density at radius 3 is 2.13 bits per heavy atom. The Balaban J connectivity index is 1.20. The lowest BCUT2D eigenvalue weighted by Gasteiger charge is -2.36. The largest absolute Gasteiger partial charge is 0.495 e. The maximum atomic E-state index is 13.3. The fourth-order valence-corrected chi connectivity index (χ4v) is 5.28. The first-order chi connectivity index (χ1) is 21.9. The third kappa shape index (κ3) is 7.75. The van der Waals surface area contributed by atoms with E-state index in [-0.39, 0.29) is 33.9 Å². The minimum atomic E-state index is -4.75. The second kappa shape index (κ2) is 13.8. The molecule has 1 aliphatic rings. The number of hydrogen-bond acceptors (Lipinski definition) is 5. The first kappa shape index (κ1) is 32.7. The van der Waals surface area contributed by atoms with Crippen LogP contribution in [0.25, 0.3) is 0 Å². The minimum absolute atomic E-state index is 0.0732. The van der Waals surface area contributed by atoms with Gasteiger partial charge in [-0.3, -0.25) is 4.79 Å². The van der Waals surface area contributed by atoms with E-state index in [4.69, 9.17) is 32.7 Å². The molecular weight excluding hydrogens is 651 g/mol. The number of nitrogens with zero attached hydrogens (tertiary/aromatic N) is 2. The van der Waals surface area contributed by atoms with Crippen molar-refractivity contribution >= 4 is 52.2 Å². The highest BCUT2D eigenvalue weighted by Crippen LogP contribution is 2.40. The predicted molar refractivity (Wildman–Crippen MR) is 168 cm³/mol. The summed E-state index contributed by atoms with van der Waals surface area (Å²) in [6.07, 6.45) is -4.75. The van der Waals surface area contributed by atoms with Gasteiger partial charge in [-0.05, 0) is 60.7 Å². The molecule has 5 rings (SSSR count). The molecule has 0 aromatic heterocycles. The van der Waals surface area contributed by atoms with E-state index in [0.29, 0.717) is 49.3 Å². The number of urea groups is 1. The van der Waals surface area contributed by atoms with E-state index >= 15 is 0 Å². The zero-order valence-electron chi connectivity index (χ0n) is 24.1. The van der Waals surface area contributed by atoms with Gasteiger partial charge in [0.15, 0.2) is 0 Å². The highest BCUT2D eigenvalue weighted by Gasteiger charge is 2.34. The van der Waals surface area contributed by atoms with Crippen LogP contribution in [0, 0.1) is 5.82 Å². The molecule has 46 heavy (non-hydrogen) atoms. The van der Waals surface area contributed by atoms with Crippen molar-refractivity contribution in [3.63, 3.8) is 0 Å². The molecule has 1 fully saturated rings. The summed E-state index contributed by atoms with van der Waals surface area (Å²) in [4.78, 5) is 29.7. The number of nitrogens with one attached hydrogen (secondary N) is 2. The SMILES string of the molecule is COc1cc(Cl)c(C(F)(F)F)cc1NC(=O)Nc1ccc(Oc2cccc(C(=O)N3CCN(c4ccc(F)cc4)CC3)c2)cc1Cl. The number of piperazine rings is 1. The summed E-state index contributed by atoms with van der Waals surface area (Å²) in [6, 6.07) is 18.1. The third-order valence-electron chi connectivity index (χ3n) is 7.11. The molecule has 14 heteroatoms. The quantitative estimate of drug-likeness (QED) is 0.192. The summed E-state index contributed by atoms with van der Waals surface area (Å²) >= 11 is 12.1. The smallest absolute Gasteiger partial charge is 0.417 e. The number of halogens is 6. The van der Waals surface area contributed by atoms with E-state index in [1.165, 1.54) is 37.4 Å². The summed E-state index contributed by atoms with van der Waals surface area (Å²) in [6.45, 7) is 2.19. The Kier molecular flexibility index (Phi) is 9.78. The molecule has 0 bridgehead atoms. The van der Waals surface area contributed by atoms with Crippen molar-refractivity contribution in [2.24, 2.45) is 0 Å². The number of hydrogen-bond donors (Lipinski definition) is 2. The highest BCUT2D eigenvalue weighted by molar-refractivity contribution is 6.34. The Morgan fingerprint density at radius 1 is 0.804 bits per heavy atom.